The van der Waals surface area contributed by atoms with E-state index in [1.54, 1.807) is 12.2 Å². The highest BCUT2D eigenvalue weighted by molar-refractivity contribution is 8.00. The molecule has 0 saturated carbocycles. The molecule has 1 aromatic rings. The van der Waals surface area contributed by atoms with Crippen molar-refractivity contribution in [2.24, 2.45) is 0 Å². The number of imide groups is 1. The highest BCUT2D eigenvalue weighted by Crippen LogP contribution is 2.35. The number of rotatable bonds is 4. The zero-order valence-corrected chi connectivity index (χ0v) is 14.2. The molecule has 7 heteroatoms. The van der Waals surface area contributed by atoms with Gasteiger partial charge in [-0.3, -0.25) is 14.5 Å². The van der Waals surface area contributed by atoms with E-state index in [4.69, 9.17) is 6.21 Å². The number of nitrogens with zero attached hydrogens (tertiary/aromatic N) is 2. The minimum atomic E-state index is -0.802. The molecule has 2 unspecified atom stereocenters. The van der Waals surface area contributed by atoms with Crippen LogP contribution >= 0.6 is 11.8 Å². The van der Waals surface area contributed by atoms with E-state index >= 15 is 0 Å². The Hall–Kier alpha value is -2.54. The lowest BCUT2D eigenvalue weighted by atomic mass is 10.2. The van der Waals surface area contributed by atoms with Crippen LogP contribution in [-0.4, -0.2) is 33.2 Å². The summed E-state index contributed by atoms with van der Waals surface area (Å²) in [4.78, 5) is 42.1. The molecular weight excluding hydrogens is 340 g/mol. The van der Waals surface area contributed by atoms with E-state index in [1.165, 1.54) is 22.9 Å². The van der Waals surface area contributed by atoms with Crippen molar-refractivity contribution in [3.05, 3.63) is 60.3 Å². The molecule has 1 fully saturated rings. The Kier molecular flexibility index (Phi) is 4.83. The lowest BCUT2D eigenvalue weighted by molar-refractivity contribution is -0.173. The first-order valence-electron chi connectivity index (χ1n) is 8.51. The van der Waals surface area contributed by atoms with Crippen molar-refractivity contribution in [3.8, 4) is 0 Å². The molecule has 1 aromatic carbocycles. The largest absolute Gasteiger partial charge is 0.440 e. The van der Waals surface area contributed by atoms with Gasteiger partial charge in [0.2, 0.25) is 0 Å². The maximum atomic E-state index is 12.5. The van der Waals surface area contributed by atoms with E-state index in [0.29, 0.717) is 5.06 Å². The fourth-order valence-electron chi connectivity index (χ4n) is 2.45. The van der Waals surface area contributed by atoms with Gasteiger partial charge in [0.15, 0.2) is 0 Å². The van der Waals surface area contributed by atoms with Gasteiger partial charge in [0, 0.05) is 25.7 Å². The molecule has 3 rings (SSSR count). The number of benzene rings is 1. The van der Waals surface area contributed by atoms with Crippen LogP contribution in [0.2, 0.25) is 0 Å². The van der Waals surface area contributed by atoms with E-state index in [-0.39, 0.29) is 25.0 Å². The van der Waals surface area contributed by atoms with Gasteiger partial charge < -0.3 is 4.84 Å². The fraction of sp³-hybridized carbons (Fsp3) is 0.278. The van der Waals surface area contributed by atoms with Crippen LogP contribution in [0.1, 0.15) is 31.9 Å². The first-order chi connectivity index (χ1) is 12.6. The van der Waals surface area contributed by atoms with E-state index in [1.807, 2.05) is 36.4 Å². The monoisotopic (exact) mass is 359 g/mol. The molecule has 0 spiro atoms. The van der Waals surface area contributed by atoms with Crippen LogP contribution in [0.3, 0.4) is 0 Å². The summed E-state index contributed by atoms with van der Waals surface area (Å²) in [6, 6.07) is 9.61. The van der Waals surface area contributed by atoms with Gasteiger partial charge in [0.05, 0.1) is 0 Å². The second kappa shape index (κ2) is 7.57. The third-order valence-electron chi connectivity index (χ3n) is 3.77. The van der Waals surface area contributed by atoms with Gasteiger partial charge in [0.25, 0.3) is 11.8 Å². The third kappa shape index (κ3) is 3.93. The van der Waals surface area contributed by atoms with Crippen molar-refractivity contribution in [2.45, 2.75) is 30.4 Å². The molecule has 130 valence electrons. The van der Waals surface area contributed by atoms with Gasteiger partial charge in [-0.25, -0.2) is 4.79 Å². The van der Waals surface area contributed by atoms with Gasteiger partial charge in [0.1, 0.15) is 5.37 Å². The Morgan fingerprint density at radius 1 is 1.24 bits per heavy atom. The second-order valence-electron chi connectivity index (χ2n) is 5.50. The summed E-state index contributed by atoms with van der Waals surface area (Å²) in [5.41, 5.74) is 0.994. The van der Waals surface area contributed by atoms with E-state index in [2.05, 4.69) is 0 Å². The van der Waals surface area contributed by atoms with Crippen molar-refractivity contribution in [1.29, 1.82) is 0 Å². The average molecular weight is 359 g/mol. The molecule has 25 heavy (non-hydrogen) atoms. The molecule has 3 amide bonds. The summed E-state index contributed by atoms with van der Waals surface area (Å²) in [5.74, 6) is -1.03. The lowest BCUT2D eigenvalue weighted by Gasteiger charge is -2.30. The molecule has 2 aliphatic rings. The third-order valence-corrected chi connectivity index (χ3v) is 5.03. The van der Waals surface area contributed by atoms with Crippen LogP contribution in [0.4, 0.5) is 4.79 Å². The molecule has 0 aliphatic carbocycles. The summed E-state index contributed by atoms with van der Waals surface area (Å²) < 4.78 is 7.83. The second-order valence-corrected chi connectivity index (χ2v) is 6.82. The number of hydroxylamine groups is 2. The summed E-state index contributed by atoms with van der Waals surface area (Å²) >= 11 is 1.43. The smallest absolute Gasteiger partial charge is 0.310 e. The number of amides is 3. The normalized spacial score (nSPS) is 21.4. The van der Waals surface area contributed by atoms with Crippen LogP contribution < -0.4 is 0 Å². The molecule has 0 bridgehead atoms. The predicted octanol–water partition coefficient (Wildman–Crippen LogP) is 3.39. The van der Waals surface area contributed by atoms with Crippen molar-refractivity contribution < 1.29 is 20.6 Å². The minimum Gasteiger partial charge on any atom is -0.310 e. The number of carbonyl (C=O) groups is 3. The maximum Gasteiger partial charge on any atom is 0.440 e. The van der Waals surface area contributed by atoms with Crippen LogP contribution in [0, 0.1) is 0 Å². The molecule has 2 atom stereocenters. The van der Waals surface area contributed by atoms with Gasteiger partial charge in [-0.15, -0.1) is 16.8 Å². The van der Waals surface area contributed by atoms with Gasteiger partial charge in [-0.2, -0.15) is 0 Å². The molecular formula is C18H18N2O4S. The molecule has 1 saturated heterocycles. The first-order valence-corrected chi connectivity index (χ1v) is 8.75. The molecule has 2 heterocycles. The Labute approximate surface area is 151 Å². The summed E-state index contributed by atoms with van der Waals surface area (Å²) in [5, 5.41) is -0.00591. The summed E-state index contributed by atoms with van der Waals surface area (Å²) in [6.45, 7) is 0.148. The topological polar surface area (TPSA) is 66.9 Å². The first kappa shape index (κ1) is 16.0. The minimum absolute atomic E-state index is 0.0506. The summed E-state index contributed by atoms with van der Waals surface area (Å²) in [7, 11) is 0. The van der Waals surface area contributed by atoms with Gasteiger partial charge >= 0.3 is 6.09 Å². The molecule has 0 aromatic heterocycles. The van der Waals surface area contributed by atoms with Crippen LogP contribution in [0.25, 0.3) is 0 Å². The lowest BCUT2D eigenvalue weighted by Crippen LogP contribution is -2.41. The Bertz CT molecular complexity index is 737. The van der Waals surface area contributed by atoms with Crippen molar-refractivity contribution in [2.75, 3.05) is 0 Å². The fourth-order valence-corrected chi connectivity index (χ4v) is 3.57. The van der Waals surface area contributed by atoms with Crippen LogP contribution in [0.5, 0.6) is 0 Å². The van der Waals surface area contributed by atoms with Crippen molar-refractivity contribution >= 4 is 29.7 Å². The predicted molar refractivity (Wildman–Crippen MR) is 93.9 cm³/mol. The van der Waals surface area contributed by atoms with E-state index < -0.39 is 23.3 Å². The number of carbonyl (C=O) groups excluding carboxylic acids is 3. The van der Waals surface area contributed by atoms with Gasteiger partial charge in [-0.1, -0.05) is 42.5 Å². The quantitative estimate of drug-likeness (QED) is 0.771. The number of hydrogen-bond donors (Lipinski definition) is 0. The zero-order chi connectivity index (χ0) is 18.5. The Morgan fingerprint density at radius 3 is 2.64 bits per heavy atom. The number of thioether (sulfide) groups is 1. The molecule has 0 radical (unpaired) electrons. The Morgan fingerprint density at radius 2 is 1.96 bits per heavy atom. The van der Waals surface area contributed by atoms with Crippen molar-refractivity contribution in [3.63, 3.8) is 0 Å². The average Bonchev–Trinajstić information content (AvgIpc) is 2.99. The van der Waals surface area contributed by atoms with E-state index in [0.717, 1.165) is 5.56 Å². The maximum absolute atomic E-state index is 12.5. The highest BCUT2D eigenvalue weighted by Gasteiger charge is 2.35. The molecule has 6 nitrogen and oxygen atoms in total. The zero-order valence-electron chi connectivity index (χ0n) is 14.4. The van der Waals surface area contributed by atoms with Gasteiger partial charge in [-0.05, 0) is 18.5 Å². The van der Waals surface area contributed by atoms with Crippen LogP contribution in [0.15, 0.2) is 54.8 Å². The van der Waals surface area contributed by atoms with Crippen molar-refractivity contribution in [1.82, 2.24) is 9.96 Å². The highest BCUT2D eigenvalue weighted by atomic mass is 32.2. The Balaban J connectivity index is 1.70. The van der Waals surface area contributed by atoms with Crippen LogP contribution in [-0.2, 0) is 14.4 Å². The van der Waals surface area contributed by atoms with E-state index in [9.17, 15) is 14.4 Å². The standard InChI is InChI=1S/C18H18N2O4S/c1-13(14-7-3-2-4-8-14)25-17-9-5-6-12-19(17)18(23)24-20-15(21)10-11-16(20)22/h2-9,12-13,17H,10-11H2,1H3/i1D. The molecule has 2 aliphatic heterocycles. The molecule has 0 N–H and O–H groups in total. The number of hydrogen-bond acceptors (Lipinski definition) is 5. The number of allylic oxidation sites excluding steroid dienone is 2. The SMILES string of the molecule is [2H]CC(SC1C=CC=CN1C(=O)ON1C(=O)CCC1=O)c1ccccc1. The summed E-state index contributed by atoms with van der Waals surface area (Å²) in [6.07, 6.45) is 6.12.